The number of rotatable bonds is 7. The summed E-state index contributed by atoms with van der Waals surface area (Å²) in [6, 6.07) is 63.5. The molecule has 0 saturated heterocycles. The molecule has 0 aliphatic heterocycles. The molecular formula is C46H35N. The first-order valence-corrected chi connectivity index (χ1v) is 16.4. The van der Waals surface area contributed by atoms with Gasteiger partial charge in [-0.25, -0.2) is 0 Å². The highest BCUT2D eigenvalue weighted by Crippen LogP contribution is 2.42. The third-order valence-electron chi connectivity index (χ3n) is 9.17. The molecule has 7 aromatic carbocycles. The van der Waals surface area contributed by atoms with Crippen molar-refractivity contribution in [2.45, 2.75) is 12.3 Å². The summed E-state index contributed by atoms with van der Waals surface area (Å²) in [6.45, 7) is 0. The molecule has 1 aliphatic rings. The molecule has 0 spiro atoms. The Labute approximate surface area is 277 Å². The van der Waals surface area contributed by atoms with E-state index in [0.717, 1.165) is 17.8 Å². The molecule has 0 radical (unpaired) electrons. The Balaban J connectivity index is 1.25. The lowest BCUT2D eigenvalue weighted by molar-refractivity contribution is 0.839. The second kappa shape index (κ2) is 12.8. The second-order valence-corrected chi connectivity index (χ2v) is 12.2. The predicted octanol–water partition coefficient (Wildman–Crippen LogP) is 12.6. The smallest absolute Gasteiger partial charge is 0.0539 e. The highest BCUT2D eigenvalue weighted by atomic mass is 15.1. The Morgan fingerprint density at radius 2 is 1.06 bits per heavy atom. The molecule has 0 amide bonds. The zero-order valence-corrected chi connectivity index (χ0v) is 26.2. The van der Waals surface area contributed by atoms with Crippen molar-refractivity contribution in [3.05, 3.63) is 205 Å². The topological polar surface area (TPSA) is 3.24 Å². The standard InChI is InChI=1S/C46H35N/c1-3-13-34(14-4-1)37-27-29-43(30-28-37)47(44-22-12-20-40(33-44)41-26-25-36-17-7-8-18-38(36)31-41)46-24-10-9-23-45(46)42-21-11-19-39(32-42)35-15-5-2-6-16-35/h1-19,21-33,40H,20H2. The van der Waals surface area contributed by atoms with Crippen LogP contribution < -0.4 is 4.90 Å². The van der Waals surface area contributed by atoms with Gasteiger partial charge in [0, 0.05) is 22.9 Å². The van der Waals surface area contributed by atoms with Crippen LogP contribution in [0, 0.1) is 0 Å². The van der Waals surface area contributed by atoms with Crippen molar-refractivity contribution in [1.82, 2.24) is 0 Å². The molecule has 0 N–H and O–H groups in total. The number of nitrogens with zero attached hydrogens (tertiary/aromatic N) is 1. The Kier molecular flexibility index (Phi) is 7.79. The fraction of sp³-hybridized carbons (Fsp3) is 0.0435. The van der Waals surface area contributed by atoms with Crippen molar-refractivity contribution in [3.8, 4) is 33.4 Å². The average molecular weight is 602 g/mol. The van der Waals surface area contributed by atoms with Crippen LogP contribution in [-0.2, 0) is 0 Å². The van der Waals surface area contributed by atoms with Gasteiger partial charge in [-0.3, -0.25) is 0 Å². The summed E-state index contributed by atoms with van der Waals surface area (Å²) in [5, 5.41) is 2.56. The fourth-order valence-electron chi connectivity index (χ4n) is 6.76. The van der Waals surface area contributed by atoms with Gasteiger partial charge in [-0.05, 0) is 80.9 Å². The van der Waals surface area contributed by atoms with Gasteiger partial charge in [-0.15, -0.1) is 0 Å². The van der Waals surface area contributed by atoms with Gasteiger partial charge in [0.05, 0.1) is 5.69 Å². The highest BCUT2D eigenvalue weighted by Gasteiger charge is 2.22. The van der Waals surface area contributed by atoms with Crippen LogP contribution in [0.15, 0.2) is 200 Å². The monoisotopic (exact) mass is 601 g/mol. The molecule has 0 saturated carbocycles. The molecule has 0 aromatic heterocycles. The van der Waals surface area contributed by atoms with Crippen molar-refractivity contribution in [3.63, 3.8) is 0 Å². The van der Waals surface area contributed by atoms with E-state index in [1.807, 2.05) is 0 Å². The van der Waals surface area contributed by atoms with Crippen molar-refractivity contribution in [2.24, 2.45) is 0 Å². The Morgan fingerprint density at radius 3 is 1.85 bits per heavy atom. The number of fused-ring (bicyclic) bond motifs is 1. The Bertz CT molecular complexity index is 2210. The summed E-state index contributed by atoms with van der Waals surface area (Å²) in [6.07, 6.45) is 8.05. The molecule has 8 rings (SSSR count). The molecule has 1 aliphatic carbocycles. The van der Waals surface area contributed by atoms with Crippen LogP contribution in [0.3, 0.4) is 0 Å². The lowest BCUT2D eigenvalue weighted by Gasteiger charge is -2.31. The van der Waals surface area contributed by atoms with Gasteiger partial charge < -0.3 is 4.90 Å². The molecule has 0 bridgehead atoms. The van der Waals surface area contributed by atoms with Gasteiger partial charge in [0.15, 0.2) is 0 Å². The van der Waals surface area contributed by atoms with E-state index >= 15 is 0 Å². The van der Waals surface area contributed by atoms with Gasteiger partial charge in [-0.2, -0.15) is 0 Å². The van der Waals surface area contributed by atoms with Crippen molar-refractivity contribution in [2.75, 3.05) is 4.90 Å². The van der Waals surface area contributed by atoms with E-state index in [1.54, 1.807) is 0 Å². The van der Waals surface area contributed by atoms with E-state index in [9.17, 15) is 0 Å². The highest BCUT2D eigenvalue weighted by molar-refractivity contribution is 5.87. The number of allylic oxidation sites excluding steroid dienone is 3. The minimum Gasteiger partial charge on any atom is -0.310 e. The third-order valence-corrected chi connectivity index (χ3v) is 9.17. The van der Waals surface area contributed by atoms with E-state index in [-0.39, 0.29) is 5.92 Å². The minimum absolute atomic E-state index is 0.277. The quantitative estimate of drug-likeness (QED) is 0.176. The molecule has 0 fully saturated rings. The molecule has 47 heavy (non-hydrogen) atoms. The van der Waals surface area contributed by atoms with Gasteiger partial charge in [-0.1, -0.05) is 164 Å². The minimum atomic E-state index is 0.277. The maximum atomic E-state index is 2.45. The first-order chi connectivity index (χ1) is 23.3. The van der Waals surface area contributed by atoms with E-state index in [1.165, 1.54) is 55.4 Å². The van der Waals surface area contributed by atoms with Crippen LogP contribution in [0.2, 0.25) is 0 Å². The van der Waals surface area contributed by atoms with Crippen LogP contribution in [0.1, 0.15) is 17.9 Å². The fourth-order valence-corrected chi connectivity index (χ4v) is 6.76. The van der Waals surface area contributed by atoms with Gasteiger partial charge in [0.1, 0.15) is 0 Å². The van der Waals surface area contributed by atoms with Gasteiger partial charge in [0.25, 0.3) is 0 Å². The third kappa shape index (κ3) is 5.92. The summed E-state index contributed by atoms with van der Waals surface area (Å²) in [5.41, 5.74) is 12.0. The first-order valence-electron chi connectivity index (χ1n) is 16.4. The van der Waals surface area contributed by atoms with E-state index in [0.29, 0.717) is 0 Å². The van der Waals surface area contributed by atoms with E-state index < -0.39 is 0 Å². The van der Waals surface area contributed by atoms with E-state index in [4.69, 9.17) is 0 Å². The molecule has 1 heteroatoms. The Hall–Kier alpha value is -5.92. The number of anilines is 2. The first kappa shape index (κ1) is 28.5. The normalized spacial score (nSPS) is 14.1. The molecular weight excluding hydrogens is 567 g/mol. The molecule has 7 aromatic rings. The Morgan fingerprint density at radius 1 is 0.447 bits per heavy atom. The van der Waals surface area contributed by atoms with Crippen LogP contribution in [0.4, 0.5) is 11.4 Å². The number of para-hydroxylation sites is 1. The summed E-state index contributed by atoms with van der Waals surface area (Å²) in [5.74, 6) is 0.277. The molecule has 1 unspecified atom stereocenters. The molecule has 1 nitrogen and oxygen atoms in total. The lowest BCUT2D eigenvalue weighted by Crippen LogP contribution is -2.18. The summed E-state index contributed by atoms with van der Waals surface area (Å²) >= 11 is 0. The number of hydrogen-bond acceptors (Lipinski definition) is 1. The van der Waals surface area contributed by atoms with Crippen LogP contribution in [0.25, 0.3) is 44.2 Å². The van der Waals surface area contributed by atoms with Gasteiger partial charge >= 0.3 is 0 Å². The molecule has 1 atom stereocenters. The zero-order valence-electron chi connectivity index (χ0n) is 26.2. The summed E-state index contributed by atoms with van der Waals surface area (Å²) in [7, 11) is 0. The zero-order chi connectivity index (χ0) is 31.4. The van der Waals surface area contributed by atoms with Crippen LogP contribution in [0.5, 0.6) is 0 Å². The lowest BCUT2D eigenvalue weighted by atomic mass is 9.89. The van der Waals surface area contributed by atoms with Gasteiger partial charge in [0.2, 0.25) is 0 Å². The largest absolute Gasteiger partial charge is 0.310 e. The van der Waals surface area contributed by atoms with E-state index in [2.05, 4.69) is 199 Å². The SMILES string of the molecule is C1=CC(N(c2ccc(-c3ccccc3)cc2)c2ccccc2-c2cccc(-c3ccccc3)c2)=CC(c2ccc3ccccc3c2)C1. The summed E-state index contributed by atoms with van der Waals surface area (Å²) in [4.78, 5) is 2.43. The maximum Gasteiger partial charge on any atom is 0.0539 e. The molecule has 0 heterocycles. The van der Waals surface area contributed by atoms with Crippen LogP contribution >= 0.6 is 0 Å². The maximum absolute atomic E-state index is 2.45. The number of hydrogen-bond donors (Lipinski definition) is 0. The van der Waals surface area contributed by atoms with Crippen molar-refractivity contribution in [1.29, 1.82) is 0 Å². The summed E-state index contributed by atoms with van der Waals surface area (Å²) < 4.78 is 0. The number of benzene rings is 7. The van der Waals surface area contributed by atoms with Crippen molar-refractivity contribution >= 4 is 22.1 Å². The molecule has 224 valence electrons. The second-order valence-electron chi connectivity index (χ2n) is 12.2. The van der Waals surface area contributed by atoms with Crippen molar-refractivity contribution < 1.29 is 0 Å². The predicted molar refractivity (Wildman–Crippen MR) is 200 cm³/mol. The average Bonchev–Trinajstić information content (AvgIpc) is 3.16. The van der Waals surface area contributed by atoms with Crippen LogP contribution in [-0.4, -0.2) is 0 Å².